The summed E-state index contributed by atoms with van der Waals surface area (Å²) in [6.07, 6.45) is 0.479. The van der Waals surface area contributed by atoms with Gasteiger partial charge in [0.25, 0.3) is 0 Å². The highest BCUT2D eigenvalue weighted by atomic mass is 32.2. The van der Waals surface area contributed by atoms with Gasteiger partial charge in [-0.3, -0.25) is 0 Å². The maximum atomic E-state index is 11.6. The van der Waals surface area contributed by atoms with E-state index in [2.05, 4.69) is 11.2 Å². The summed E-state index contributed by atoms with van der Waals surface area (Å²) in [7, 11) is -3.03. The predicted octanol–water partition coefficient (Wildman–Crippen LogP) is 1.36. The second-order valence-corrected chi connectivity index (χ2v) is 7.32. The summed E-state index contributed by atoms with van der Waals surface area (Å²) in [5.41, 5.74) is 7.59. The molecule has 0 saturated carbocycles. The van der Waals surface area contributed by atoms with Gasteiger partial charge in [0.2, 0.25) is 0 Å². The van der Waals surface area contributed by atoms with Gasteiger partial charge in [-0.05, 0) is 6.42 Å². The zero-order chi connectivity index (χ0) is 15.0. The van der Waals surface area contributed by atoms with Crippen LogP contribution in [-0.4, -0.2) is 29.7 Å². The van der Waals surface area contributed by atoms with Crippen molar-refractivity contribution < 1.29 is 8.42 Å². The minimum Gasteiger partial charge on any atom is -0.383 e. The van der Waals surface area contributed by atoms with Gasteiger partial charge < -0.3 is 5.73 Å². The molecule has 108 valence electrons. The lowest BCUT2D eigenvalue weighted by atomic mass is 10.1. The zero-order valence-corrected chi connectivity index (χ0v) is 12.0. The highest BCUT2D eigenvalue weighted by Gasteiger charge is 2.32. The van der Waals surface area contributed by atoms with E-state index in [1.165, 1.54) is 4.68 Å². The Labute approximate surface area is 122 Å². The minimum absolute atomic E-state index is 0.0258. The van der Waals surface area contributed by atoms with Gasteiger partial charge in [-0.15, -0.1) is 0 Å². The monoisotopic (exact) mass is 302 g/mol. The fraction of sp³-hybridized carbons (Fsp3) is 0.286. The first-order valence-electron chi connectivity index (χ1n) is 6.56. The summed E-state index contributed by atoms with van der Waals surface area (Å²) >= 11 is 0. The molecule has 1 aliphatic rings. The van der Waals surface area contributed by atoms with Crippen LogP contribution >= 0.6 is 0 Å². The molecule has 2 heterocycles. The van der Waals surface area contributed by atoms with E-state index in [9.17, 15) is 13.7 Å². The summed E-state index contributed by atoms with van der Waals surface area (Å²) in [6, 6.07) is 11.0. The summed E-state index contributed by atoms with van der Waals surface area (Å²) in [4.78, 5) is 0. The van der Waals surface area contributed by atoms with Gasteiger partial charge >= 0.3 is 0 Å². The molecule has 1 fully saturated rings. The number of benzene rings is 1. The molecule has 1 saturated heterocycles. The second-order valence-electron chi connectivity index (χ2n) is 5.09. The Hall–Kier alpha value is -2.33. The van der Waals surface area contributed by atoms with Gasteiger partial charge in [0, 0.05) is 5.56 Å². The molecular formula is C14H14N4O2S. The lowest BCUT2D eigenvalue weighted by Gasteiger charge is -2.09. The Balaban J connectivity index is 2.09. The van der Waals surface area contributed by atoms with Crippen LogP contribution in [-0.2, 0) is 9.84 Å². The van der Waals surface area contributed by atoms with Crippen molar-refractivity contribution in [3.05, 3.63) is 35.9 Å². The standard InChI is InChI=1S/C14H14N4O2S/c15-8-12-13(10-4-2-1-3-5-10)17-18(14(12)16)11-6-7-21(19,20)9-11/h1-5,11H,6-7,9,16H2. The number of sulfone groups is 1. The van der Waals surface area contributed by atoms with Crippen molar-refractivity contribution in [1.82, 2.24) is 9.78 Å². The van der Waals surface area contributed by atoms with Crippen LogP contribution < -0.4 is 5.73 Å². The molecule has 7 heteroatoms. The van der Waals surface area contributed by atoms with Gasteiger partial charge in [-0.2, -0.15) is 10.4 Å². The smallest absolute Gasteiger partial charge is 0.152 e. The molecule has 0 bridgehead atoms. The fourth-order valence-corrected chi connectivity index (χ4v) is 4.29. The molecule has 2 N–H and O–H groups in total. The van der Waals surface area contributed by atoms with Gasteiger partial charge in [-0.1, -0.05) is 30.3 Å². The number of aromatic nitrogens is 2. The number of anilines is 1. The normalized spacial score (nSPS) is 20.2. The molecule has 21 heavy (non-hydrogen) atoms. The van der Waals surface area contributed by atoms with E-state index in [0.717, 1.165) is 5.56 Å². The van der Waals surface area contributed by atoms with Gasteiger partial charge in [-0.25, -0.2) is 13.1 Å². The lowest BCUT2D eigenvalue weighted by Crippen LogP contribution is -2.14. The van der Waals surface area contributed by atoms with Crippen LogP contribution in [0.1, 0.15) is 18.0 Å². The maximum Gasteiger partial charge on any atom is 0.152 e. The zero-order valence-electron chi connectivity index (χ0n) is 11.2. The predicted molar refractivity (Wildman–Crippen MR) is 79.1 cm³/mol. The highest BCUT2D eigenvalue weighted by Crippen LogP contribution is 2.32. The SMILES string of the molecule is N#Cc1c(-c2ccccc2)nn(C2CCS(=O)(=O)C2)c1N. The molecule has 0 radical (unpaired) electrons. The third-order valence-corrected chi connectivity index (χ3v) is 5.41. The van der Waals surface area contributed by atoms with E-state index >= 15 is 0 Å². The molecule has 1 atom stereocenters. The molecule has 1 aromatic heterocycles. The molecule has 3 rings (SSSR count). The Morgan fingerprint density at radius 2 is 2.05 bits per heavy atom. The summed E-state index contributed by atoms with van der Waals surface area (Å²) in [5.74, 6) is 0.399. The molecule has 2 aromatic rings. The molecule has 0 aliphatic carbocycles. The first kappa shape index (κ1) is 13.6. The van der Waals surface area contributed by atoms with E-state index < -0.39 is 9.84 Å². The Morgan fingerprint density at radius 1 is 1.33 bits per heavy atom. The van der Waals surface area contributed by atoms with Crippen LogP contribution in [0.5, 0.6) is 0 Å². The van der Waals surface area contributed by atoms with Crippen molar-refractivity contribution in [2.75, 3.05) is 17.2 Å². The minimum atomic E-state index is -3.03. The third kappa shape index (κ3) is 2.38. The second kappa shape index (κ2) is 4.90. The number of hydrogen-bond acceptors (Lipinski definition) is 5. The molecule has 6 nitrogen and oxygen atoms in total. The maximum absolute atomic E-state index is 11.6. The number of hydrogen-bond donors (Lipinski definition) is 1. The molecular weight excluding hydrogens is 288 g/mol. The molecule has 0 amide bonds. The van der Waals surface area contributed by atoms with E-state index in [1.54, 1.807) is 0 Å². The van der Waals surface area contributed by atoms with Crippen molar-refractivity contribution in [3.63, 3.8) is 0 Å². The van der Waals surface area contributed by atoms with Crippen LogP contribution in [0.4, 0.5) is 5.82 Å². The average Bonchev–Trinajstić information content (AvgIpc) is 2.99. The first-order valence-corrected chi connectivity index (χ1v) is 8.38. The van der Waals surface area contributed by atoms with Crippen molar-refractivity contribution in [1.29, 1.82) is 5.26 Å². The van der Waals surface area contributed by atoms with Crippen LogP contribution in [0.15, 0.2) is 30.3 Å². The van der Waals surface area contributed by atoms with Crippen molar-refractivity contribution in [2.24, 2.45) is 0 Å². The Kier molecular flexibility index (Phi) is 3.18. The fourth-order valence-electron chi connectivity index (χ4n) is 2.60. The lowest BCUT2D eigenvalue weighted by molar-refractivity contribution is 0.508. The highest BCUT2D eigenvalue weighted by molar-refractivity contribution is 7.91. The van der Waals surface area contributed by atoms with Gasteiger partial charge in [0.15, 0.2) is 9.84 Å². The topological polar surface area (TPSA) is 102 Å². The van der Waals surface area contributed by atoms with E-state index in [4.69, 9.17) is 5.73 Å². The van der Waals surface area contributed by atoms with Gasteiger partial charge in [0.1, 0.15) is 23.1 Å². The van der Waals surface area contributed by atoms with Gasteiger partial charge in [0.05, 0.1) is 17.5 Å². The molecule has 1 aliphatic heterocycles. The summed E-state index contributed by atoms with van der Waals surface area (Å²) in [6.45, 7) is 0. The number of nitrogen functional groups attached to an aromatic ring is 1. The first-order chi connectivity index (χ1) is 10.0. The van der Waals surface area contributed by atoms with Crippen molar-refractivity contribution in [2.45, 2.75) is 12.5 Å². The quantitative estimate of drug-likeness (QED) is 0.902. The summed E-state index contributed by atoms with van der Waals surface area (Å²) < 4.78 is 24.7. The van der Waals surface area contributed by atoms with Crippen LogP contribution in [0.3, 0.4) is 0 Å². The van der Waals surface area contributed by atoms with Crippen LogP contribution in [0, 0.1) is 11.3 Å². The summed E-state index contributed by atoms with van der Waals surface area (Å²) in [5, 5.41) is 13.7. The number of nitrogens with zero attached hydrogens (tertiary/aromatic N) is 3. The number of nitriles is 1. The molecule has 0 spiro atoms. The van der Waals surface area contributed by atoms with Crippen molar-refractivity contribution >= 4 is 15.7 Å². The Bertz CT molecular complexity index is 819. The Morgan fingerprint density at radius 3 is 2.62 bits per heavy atom. The van der Waals surface area contributed by atoms with Crippen molar-refractivity contribution in [3.8, 4) is 17.3 Å². The largest absolute Gasteiger partial charge is 0.383 e. The molecule has 1 unspecified atom stereocenters. The number of nitrogens with two attached hydrogens (primary N) is 1. The van der Waals surface area contributed by atoms with Crippen LogP contribution in [0.2, 0.25) is 0 Å². The van der Waals surface area contributed by atoms with E-state index in [1.807, 2.05) is 30.3 Å². The van der Waals surface area contributed by atoms with E-state index in [-0.39, 0.29) is 23.4 Å². The van der Waals surface area contributed by atoms with E-state index in [0.29, 0.717) is 17.7 Å². The third-order valence-electron chi connectivity index (χ3n) is 3.66. The van der Waals surface area contributed by atoms with Crippen LogP contribution in [0.25, 0.3) is 11.3 Å². The molecule has 1 aromatic carbocycles. The average molecular weight is 302 g/mol. The number of rotatable bonds is 2.